The van der Waals surface area contributed by atoms with Gasteiger partial charge < -0.3 is 10.1 Å². The minimum Gasteiger partial charge on any atom is -0.465 e. The number of carbonyl (C=O) groups excluding carboxylic acids is 1. The summed E-state index contributed by atoms with van der Waals surface area (Å²) >= 11 is 6.15. The van der Waals surface area contributed by atoms with Gasteiger partial charge >= 0.3 is 5.97 Å². The molecule has 2 aromatic rings. The predicted molar refractivity (Wildman–Crippen MR) is 94.2 cm³/mol. The summed E-state index contributed by atoms with van der Waals surface area (Å²) in [5.41, 5.74) is 1.51. The van der Waals surface area contributed by atoms with E-state index in [2.05, 4.69) is 20.4 Å². The molecule has 1 atom stereocenters. The average Bonchev–Trinajstić information content (AvgIpc) is 3.03. The van der Waals surface area contributed by atoms with Crippen molar-refractivity contribution in [1.82, 2.24) is 20.1 Å². The van der Waals surface area contributed by atoms with Crippen molar-refractivity contribution in [2.24, 2.45) is 4.99 Å². The number of hydrogen-bond donors (Lipinski definition) is 1. The highest BCUT2D eigenvalue weighted by atomic mass is 35.5. The number of nitrogens with zero attached hydrogens (tertiary/aromatic N) is 4. The highest BCUT2D eigenvalue weighted by molar-refractivity contribution is 6.31. The molecule has 0 fully saturated rings. The Balaban J connectivity index is 1.85. The molecule has 3 rings (SSSR count). The van der Waals surface area contributed by atoms with Crippen LogP contribution in [-0.4, -0.2) is 33.2 Å². The van der Waals surface area contributed by atoms with E-state index in [4.69, 9.17) is 16.3 Å². The average molecular weight is 378 g/mol. The molecule has 0 spiro atoms. The number of rotatable bonds is 5. The van der Waals surface area contributed by atoms with Gasteiger partial charge in [0.2, 0.25) is 5.82 Å². The van der Waals surface area contributed by atoms with Crippen LogP contribution in [0.1, 0.15) is 31.3 Å². The van der Waals surface area contributed by atoms with Gasteiger partial charge in [-0.3, -0.25) is 9.79 Å². The van der Waals surface area contributed by atoms with Crippen molar-refractivity contribution < 1.29 is 13.9 Å². The number of carbonyl (C=O) groups is 1. The van der Waals surface area contributed by atoms with Crippen LogP contribution in [0.3, 0.4) is 0 Å². The highest BCUT2D eigenvalue weighted by Crippen LogP contribution is 2.30. The lowest BCUT2D eigenvalue weighted by molar-refractivity contribution is -0.144. The Morgan fingerprint density at radius 3 is 3.00 bits per heavy atom. The first-order valence-corrected chi connectivity index (χ1v) is 8.37. The molecule has 26 heavy (non-hydrogen) atoms. The van der Waals surface area contributed by atoms with Crippen molar-refractivity contribution in [1.29, 1.82) is 0 Å². The number of allylic oxidation sites excluding steroid dienone is 1. The van der Waals surface area contributed by atoms with E-state index in [1.54, 1.807) is 13.0 Å². The molecule has 0 bridgehead atoms. The van der Waals surface area contributed by atoms with Crippen LogP contribution in [0.25, 0.3) is 0 Å². The van der Waals surface area contributed by atoms with Crippen LogP contribution >= 0.6 is 11.6 Å². The maximum Gasteiger partial charge on any atom is 0.327 e. The molecule has 0 saturated heterocycles. The fourth-order valence-corrected chi connectivity index (χ4v) is 2.79. The third-order valence-electron chi connectivity index (χ3n) is 3.62. The quantitative estimate of drug-likeness (QED) is 0.810. The van der Waals surface area contributed by atoms with E-state index >= 15 is 0 Å². The third kappa shape index (κ3) is 4.08. The van der Waals surface area contributed by atoms with Crippen molar-refractivity contribution in [3.63, 3.8) is 0 Å². The molecule has 7 nitrogen and oxygen atoms in total. The molecule has 1 unspecified atom stereocenters. The topological polar surface area (TPSA) is 81.4 Å². The van der Waals surface area contributed by atoms with Crippen LogP contribution in [0.15, 0.2) is 41.3 Å². The van der Waals surface area contributed by atoms with Gasteiger partial charge in [0.1, 0.15) is 18.7 Å². The van der Waals surface area contributed by atoms with Gasteiger partial charge in [-0.1, -0.05) is 17.7 Å². The van der Waals surface area contributed by atoms with E-state index in [0.29, 0.717) is 28.9 Å². The Bertz CT molecular complexity index is 893. The predicted octanol–water partition coefficient (Wildman–Crippen LogP) is 2.63. The highest BCUT2D eigenvalue weighted by Gasteiger charge is 2.21. The van der Waals surface area contributed by atoms with Crippen molar-refractivity contribution in [3.05, 3.63) is 58.5 Å². The Kier molecular flexibility index (Phi) is 5.32. The zero-order valence-electron chi connectivity index (χ0n) is 14.2. The summed E-state index contributed by atoms with van der Waals surface area (Å²) in [4.78, 5) is 20.3. The van der Waals surface area contributed by atoms with E-state index < -0.39 is 17.8 Å². The third-order valence-corrected chi connectivity index (χ3v) is 3.94. The zero-order valence-corrected chi connectivity index (χ0v) is 15.0. The van der Waals surface area contributed by atoms with Crippen LogP contribution in [-0.2, 0) is 16.1 Å². The maximum atomic E-state index is 13.3. The molecule has 0 aliphatic carbocycles. The second-order valence-electron chi connectivity index (χ2n) is 5.63. The number of esters is 1. The Labute approximate surface area is 154 Å². The standard InChI is InChI=1S/C17H17ClFN5O2/c1-3-26-15(25)8-24-9-20-16(23-24)17-21-10(2)6-14(22-17)12-5-4-11(19)7-13(12)18/h4-7,9,14H,3,8H2,1-2H3,(H,21,22). The van der Waals surface area contributed by atoms with Gasteiger partial charge in [-0.2, -0.15) is 0 Å². The van der Waals surface area contributed by atoms with Crippen LogP contribution in [0.5, 0.6) is 0 Å². The molecule has 1 aromatic heterocycles. The summed E-state index contributed by atoms with van der Waals surface area (Å²) in [5.74, 6) is -0.0190. The minimum absolute atomic E-state index is 0.0316. The zero-order chi connectivity index (χ0) is 18.7. The van der Waals surface area contributed by atoms with Crippen LogP contribution < -0.4 is 5.32 Å². The fourth-order valence-electron chi connectivity index (χ4n) is 2.51. The number of nitrogens with one attached hydrogen (secondary N) is 1. The first kappa shape index (κ1) is 18.1. The normalized spacial score (nSPS) is 16.5. The van der Waals surface area contributed by atoms with E-state index in [-0.39, 0.29) is 6.54 Å². The van der Waals surface area contributed by atoms with Crippen molar-refractivity contribution in [2.75, 3.05) is 6.61 Å². The van der Waals surface area contributed by atoms with Crippen LogP contribution in [0.4, 0.5) is 4.39 Å². The summed E-state index contributed by atoms with van der Waals surface area (Å²) in [5, 5.41) is 7.64. The first-order chi connectivity index (χ1) is 12.5. The molecule has 9 heteroatoms. The summed E-state index contributed by atoms with van der Waals surface area (Å²) in [6, 6.07) is 3.81. The second kappa shape index (κ2) is 7.65. The number of hydrogen-bond acceptors (Lipinski definition) is 6. The Hall–Kier alpha value is -2.74. The van der Waals surface area contributed by atoms with Gasteiger partial charge in [0.15, 0.2) is 5.84 Å². The number of aliphatic imine (C=N–C) groups is 1. The summed E-state index contributed by atoms with van der Waals surface area (Å²) in [6.07, 6.45) is 3.31. The number of aromatic nitrogens is 3. The molecule has 0 radical (unpaired) electrons. The lowest BCUT2D eigenvalue weighted by Gasteiger charge is -2.20. The molecule has 2 heterocycles. The first-order valence-electron chi connectivity index (χ1n) is 8.00. The van der Waals surface area contributed by atoms with E-state index in [9.17, 15) is 9.18 Å². The largest absolute Gasteiger partial charge is 0.465 e. The number of benzene rings is 1. The van der Waals surface area contributed by atoms with Crippen molar-refractivity contribution in [3.8, 4) is 0 Å². The molecule has 1 N–H and O–H groups in total. The minimum atomic E-state index is -0.406. The van der Waals surface area contributed by atoms with Gasteiger partial charge in [0, 0.05) is 10.7 Å². The molecular formula is C17H17ClFN5O2. The van der Waals surface area contributed by atoms with Crippen LogP contribution in [0.2, 0.25) is 5.02 Å². The van der Waals surface area contributed by atoms with Crippen molar-refractivity contribution >= 4 is 23.4 Å². The van der Waals surface area contributed by atoms with E-state index in [0.717, 1.165) is 5.70 Å². The smallest absolute Gasteiger partial charge is 0.327 e. The fraction of sp³-hybridized carbons (Fsp3) is 0.294. The molecule has 0 amide bonds. The van der Waals surface area contributed by atoms with Gasteiger partial charge in [0.05, 0.1) is 12.6 Å². The Morgan fingerprint density at radius 2 is 2.27 bits per heavy atom. The van der Waals surface area contributed by atoms with Crippen LogP contribution in [0, 0.1) is 5.82 Å². The van der Waals surface area contributed by atoms with E-state index in [1.807, 2.05) is 13.0 Å². The number of ether oxygens (including phenoxy) is 1. The Morgan fingerprint density at radius 1 is 1.46 bits per heavy atom. The molecule has 0 saturated carbocycles. The lowest BCUT2D eigenvalue weighted by Crippen LogP contribution is -2.28. The van der Waals surface area contributed by atoms with Gasteiger partial charge in [0.25, 0.3) is 0 Å². The van der Waals surface area contributed by atoms with E-state index in [1.165, 1.54) is 23.1 Å². The molecule has 1 aliphatic heterocycles. The molecule has 1 aromatic carbocycles. The van der Waals surface area contributed by atoms with Gasteiger partial charge in [-0.25, -0.2) is 14.1 Å². The molecule has 136 valence electrons. The van der Waals surface area contributed by atoms with Crippen molar-refractivity contribution in [2.45, 2.75) is 26.4 Å². The van der Waals surface area contributed by atoms with Gasteiger partial charge in [-0.15, -0.1) is 5.10 Å². The lowest BCUT2D eigenvalue weighted by atomic mass is 10.0. The second-order valence-corrected chi connectivity index (χ2v) is 6.04. The summed E-state index contributed by atoms with van der Waals surface area (Å²) in [7, 11) is 0. The molecular weight excluding hydrogens is 361 g/mol. The monoisotopic (exact) mass is 377 g/mol. The maximum absolute atomic E-state index is 13.3. The number of halogens is 2. The number of amidine groups is 1. The molecule has 1 aliphatic rings. The summed E-state index contributed by atoms with van der Waals surface area (Å²) < 4.78 is 19.6. The summed E-state index contributed by atoms with van der Waals surface area (Å²) in [6.45, 7) is 3.88. The SMILES string of the molecule is CCOC(=O)Cn1cnc(C2=NC(c3ccc(F)cc3Cl)C=C(C)N2)n1. The van der Waals surface area contributed by atoms with Gasteiger partial charge in [-0.05, 0) is 37.6 Å².